The van der Waals surface area contributed by atoms with Crippen LogP contribution in [0.4, 0.5) is 5.69 Å². The number of carbonyl (C=O) groups is 2. The summed E-state index contributed by atoms with van der Waals surface area (Å²) < 4.78 is 3.58. The minimum atomic E-state index is -1.03. The number of rotatable bonds is 3. The van der Waals surface area contributed by atoms with Crippen LogP contribution in [-0.4, -0.2) is 26.6 Å². The van der Waals surface area contributed by atoms with Crippen LogP contribution in [0.1, 0.15) is 26.4 Å². The topological polar surface area (TPSA) is 92.2 Å². The van der Waals surface area contributed by atoms with Gasteiger partial charge in [-0.1, -0.05) is 10.6 Å². The third-order valence-electron chi connectivity index (χ3n) is 2.32. The minimum absolute atomic E-state index is 0.157. The van der Waals surface area contributed by atoms with E-state index in [0.717, 1.165) is 11.5 Å². The van der Waals surface area contributed by atoms with Crippen molar-refractivity contribution >= 4 is 29.1 Å². The van der Waals surface area contributed by atoms with Gasteiger partial charge in [0, 0.05) is 11.1 Å². The molecule has 0 saturated carbocycles. The van der Waals surface area contributed by atoms with E-state index in [-0.39, 0.29) is 11.3 Å². The van der Waals surface area contributed by atoms with E-state index in [1.807, 2.05) is 0 Å². The highest BCUT2D eigenvalue weighted by Crippen LogP contribution is 2.16. The van der Waals surface area contributed by atoms with Crippen LogP contribution in [0.3, 0.4) is 0 Å². The smallest absolute Gasteiger partial charge is 0.336 e. The number of carboxylic acids is 1. The van der Waals surface area contributed by atoms with Crippen molar-refractivity contribution in [1.82, 2.24) is 9.59 Å². The average molecular weight is 263 g/mol. The Kier molecular flexibility index (Phi) is 3.33. The second-order valence-corrected chi connectivity index (χ2v) is 4.19. The monoisotopic (exact) mass is 263 g/mol. The van der Waals surface area contributed by atoms with Gasteiger partial charge in [0.2, 0.25) is 0 Å². The van der Waals surface area contributed by atoms with Gasteiger partial charge in [0.1, 0.15) is 0 Å². The maximum atomic E-state index is 11.7. The summed E-state index contributed by atoms with van der Waals surface area (Å²) in [5.41, 5.74) is 1.41. The Balaban J connectivity index is 2.22. The number of anilines is 1. The molecule has 2 rings (SSSR count). The van der Waals surface area contributed by atoms with Gasteiger partial charge in [-0.05, 0) is 36.2 Å². The van der Waals surface area contributed by atoms with Crippen LogP contribution in [0.15, 0.2) is 23.6 Å². The van der Waals surface area contributed by atoms with Gasteiger partial charge in [0.05, 0.1) is 5.56 Å². The van der Waals surface area contributed by atoms with Gasteiger partial charge in [0.25, 0.3) is 5.91 Å². The van der Waals surface area contributed by atoms with Crippen molar-refractivity contribution in [2.75, 3.05) is 5.32 Å². The number of aromatic nitrogens is 2. The number of nitrogens with one attached hydrogen (secondary N) is 1. The van der Waals surface area contributed by atoms with Gasteiger partial charge in [-0.25, -0.2) is 4.79 Å². The third kappa shape index (κ3) is 2.51. The van der Waals surface area contributed by atoms with E-state index in [0.29, 0.717) is 11.3 Å². The number of aromatic carboxylic acids is 1. The largest absolute Gasteiger partial charge is 0.478 e. The molecule has 0 radical (unpaired) electrons. The first-order valence-corrected chi connectivity index (χ1v) is 5.84. The zero-order valence-electron chi connectivity index (χ0n) is 9.38. The van der Waals surface area contributed by atoms with E-state index in [1.54, 1.807) is 19.1 Å². The lowest BCUT2D eigenvalue weighted by Gasteiger charge is -2.06. The van der Waals surface area contributed by atoms with Crippen molar-refractivity contribution in [2.24, 2.45) is 0 Å². The predicted octanol–water partition coefficient (Wildman–Crippen LogP) is 1.80. The summed E-state index contributed by atoms with van der Waals surface area (Å²) in [5, 5.41) is 16.7. The maximum absolute atomic E-state index is 11.7. The summed E-state index contributed by atoms with van der Waals surface area (Å²) in [7, 11) is 0. The molecule has 0 bridgehead atoms. The van der Waals surface area contributed by atoms with E-state index in [9.17, 15) is 9.59 Å². The summed E-state index contributed by atoms with van der Waals surface area (Å²) in [6.45, 7) is 1.69. The Morgan fingerprint density at radius 2 is 2.17 bits per heavy atom. The summed E-state index contributed by atoms with van der Waals surface area (Å²) in [6.07, 6.45) is 0. The summed E-state index contributed by atoms with van der Waals surface area (Å²) in [5.74, 6) is -1.44. The molecule has 0 saturated heterocycles. The quantitative estimate of drug-likeness (QED) is 0.880. The van der Waals surface area contributed by atoms with Gasteiger partial charge < -0.3 is 10.4 Å². The van der Waals surface area contributed by atoms with Crippen molar-refractivity contribution in [3.8, 4) is 0 Å². The summed E-state index contributed by atoms with van der Waals surface area (Å²) >= 11 is 1.07. The number of carbonyl (C=O) groups excluding carboxylic acids is 1. The van der Waals surface area contributed by atoms with Crippen LogP contribution in [0, 0.1) is 6.92 Å². The Hall–Kier alpha value is -2.28. The number of aryl methyl sites for hydroxylation is 1. The molecule has 0 aliphatic rings. The first-order chi connectivity index (χ1) is 8.58. The highest BCUT2D eigenvalue weighted by atomic mass is 32.1. The number of benzene rings is 1. The molecule has 0 unspecified atom stereocenters. The zero-order valence-corrected chi connectivity index (χ0v) is 10.2. The number of hydrogen-bond donors (Lipinski definition) is 2. The molecule has 1 aromatic heterocycles. The van der Waals surface area contributed by atoms with E-state index >= 15 is 0 Å². The van der Waals surface area contributed by atoms with Crippen LogP contribution in [0.2, 0.25) is 0 Å². The maximum Gasteiger partial charge on any atom is 0.336 e. The van der Waals surface area contributed by atoms with Gasteiger partial charge in [-0.2, -0.15) is 0 Å². The van der Waals surface area contributed by atoms with E-state index < -0.39 is 11.9 Å². The van der Waals surface area contributed by atoms with Crippen LogP contribution >= 0.6 is 11.5 Å². The molecule has 0 atom stereocenters. The number of amides is 1. The Labute approximate surface area is 106 Å². The van der Waals surface area contributed by atoms with Crippen molar-refractivity contribution in [2.45, 2.75) is 6.92 Å². The van der Waals surface area contributed by atoms with Crippen molar-refractivity contribution < 1.29 is 14.7 Å². The zero-order chi connectivity index (χ0) is 13.1. The first kappa shape index (κ1) is 12.2. The van der Waals surface area contributed by atoms with E-state index in [4.69, 9.17) is 5.11 Å². The molecule has 92 valence electrons. The third-order valence-corrected chi connectivity index (χ3v) is 2.82. The lowest BCUT2D eigenvalue weighted by atomic mass is 10.1. The molecule has 0 fully saturated rings. The predicted molar refractivity (Wildman–Crippen MR) is 66.0 cm³/mol. The molecule has 2 N–H and O–H groups in total. The molecular weight excluding hydrogens is 254 g/mol. The number of carboxylic acid groups (broad SMARTS) is 1. The van der Waals surface area contributed by atoms with Crippen molar-refractivity contribution in [1.29, 1.82) is 0 Å². The van der Waals surface area contributed by atoms with Crippen molar-refractivity contribution in [3.05, 3.63) is 40.4 Å². The molecule has 1 heterocycles. The molecule has 6 nitrogen and oxygen atoms in total. The van der Waals surface area contributed by atoms with Gasteiger partial charge in [-0.3, -0.25) is 4.79 Å². The molecule has 0 aliphatic carbocycles. The van der Waals surface area contributed by atoms with Gasteiger partial charge in [0.15, 0.2) is 5.69 Å². The SMILES string of the molecule is Cc1ccc(NC(=O)c2csnn2)cc1C(=O)O. The van der Waals surface area contributed by atoms with Gasteiger partial charge in [-0.15, -0.1) is 5.10 Å². The highest BCUT2D eigenvalue weighted by molar-refractivity contribution is 7.03. The number of hydrogen-bond acceptors (Lipinski definition) is 5. The van der Waals surface area contributed by atoms with E-state index in [1.165, 1.54) is 11.4 Å². The Morgan fingerprint density at radius 1 is 1.39 bits per heavy atom. The first-order valence-electron chi connectivity index (χ1n) is 5.00. The molecule has 7 heteroatoms. The Bertz CT molecular complexity index is 596. The minimum Gasteiger partial charge on any atom is -0.478 e. The standard InChI is InChI=1S/C11H9N3O3S/c1-6-2-3-7(4-8(6)11(16)17)12-10(15)9-5-18-14-13-9/h2-5H,1H3,(H,12,15)(H,16,17). The fraction of sp³-hybridized carbons (Fsp3) is 0.0909. The molecular formula is C11H9N3O3S. The summed E-state index contributed by atoms with van der Waals surface area (Å²) in [6, 6.07) is 4.69. The van der Waals surface area contributed by atoms with Gasteiger partial charge >= 0.3 is 5.97 Å². The highest BCUT2D eigenvalue weighted by Gasteiger charge is 2.12. The molecule has 1 aromatic carbocycles. The summed E-state index contributed by atoms with van der Waals surface area (Å²) in [4.78, 5) is 22.6. The van der Waals surface area contributed by atoms with Crippen molar-refractivity contribution in [3.63, 3.8) is 0 Å². The van der Waals surface area contributed by atoms with Crippen LogP contribution in [0.25, 0.3) is 0 Å². The van der Waals surface area contributed by atoms with Crippen LogP contribution in [-0.2, 0) is 0 Å². The Morgan fingerprint density at radius 3 is 2.78 bits per heavy atom. The normalized spacial score (nSPS) is 10.1. The van der Waals surface area contributed by atoms with Crippen LogP contribution < -0.4 is 5.32 Å². The molecule has 2 aromatic rings. The average Bonchev–Trinajstić information content (AvgIpc) is 2.85. The second kappa shape index (κ2) is 4.92. The fourth-order valence-electron chi connectivity index (χ4n) is 1.39. The second-order valence-electron chi connectivity index (χ2n) is 3.58. The lowest BCUT2D eigenvalue weighted by molar-refractivity contribution is 0.0695. The van der Waals surface area contributed by atoms with Crippen LogP contribution in [0.5, 0.6) is 0 Å². The molecule has 0 spiro atoms. The van der Waals surface area contributed by atoms with E-state index in [2.05, 4.69) is 14.9 Å². The molecule has 0 aliphatic heterocycles. The molecule has 1 amide bonds. The lowest BCUT2D eigenvalue weighted by Crippen LogP contribution is -2.13. The fourth-order valence-corrected chi connectivity index (χ4v) is 1.83. The number of nitrogens with zero attached hydrogens (tertiary/aromatic N) is 2. The molecule has 18 heavy (non-hydrogen) atoms.